The molecule has 16 atom stereocenters. The zero-order valence-corrected chi connectivity index (χ0v) is 20.7. The molecule has 2 bridgehead atoms. The highest BCUT2D eigenvalue weighted by molar-refractivity contribution is 5.87. The van der Waals surface area contributed by atoms with Crippen molar-refractivity contribution >= 4 is 11.9 Å². The molecule has 5 aliphatic carbocycles. The van der Waals surface area contributed by atoms with Crippen LogP contribution >= 0.6 is 0 Å². The van der Waals surface area contributed by atoms with E-state index in [0.29, 0.717) is 52.8 Å². The molecule has 2 saturated heterocycles. The first-order valence-corrected chi connectivity index (χ1v) is 13.8. The molecule has 8 rings (SSSR count). The third-order valence-corrected chi connectivity index (χ3v) is 13.1. The molecule has 7 fully saturated rings. The minimum atomic E-state index is -0.946. The Hall–Kier alpha value is -1.93. The van der Waals surface area contributed by atoms with E-state index >= 15 is 0 Å². The normalized spacial score (nSPS) is 56.3. The van der Waals surface area contributed by atoms with Crippen LogP contribution in [0.15, 0.2) is 12.5 Å². The van der Waals surface area contributed by atoms with E-state index in [9.17, 15) is 14.7 Å². The molecule has 8 heteroatoms. The van der Waals surface area contributed by atoms with Gasteiger partial charge in [-0.05, 0) is 83.9 Å². The number of nitrogens with zero attached hydrogens (tertiary/aromatic N) is 2. The molecule has 6 unspecified atom stereocenters. The van der Waals surface area contributed by atoms with Crippen molar-refractivity contribution < 1.29 is 14.7 Å². The summed E-state index contributed by atoms with van der Waals surface area (Å²) < 4.78 is 0. The molecule has 8 nitrogen and oxygen atoms in total. The average Bonchev–Trinajstić information content (AvgIpc) is 3.09. The molecule has 7 aliphatic rings. The van der Waals surface area contributed by atoms with Crippen molar-refractivity contribution in [2.45, 2.75) is 64.2 Å². The van der Waals surface area contributed by atoms with Gasteiger partial charge in [-0.2, -0.15) is 0 Å². The van der Waals surface area contributed by atoms with E-state index in [0.717, 1.165) is 42.1 Å². The number of amides is 1. The number of nitrogens with one attached hydrogen (secondary N) is 2. The minimum Gasteiger partial charge on any atom is -0.480 e. The van der Waals surface area contributed by atoms with Gasteiger partial charge in [0.15, 0.2) is 0 Å². The van der Waals surface area contributed by atoms with Gasteiger partial charge in [0.1, 0.15) is 6.04 Å². The first-order valence-electron chi connectivity index (χ1n) is 13.8. The minimum absolute atomic E-state index is 0.287. The van der Waals surface area contributed by atoms with Crippen molar-refractivity contribution in [3.63, 3.8) is 0 Å². The fourth-order valence-corrected chi connectivity index (χ4v) is 12.1. The second-order valence-corrected chi connectivity index (χ2v) is 13.4. The summed E-state index contributed by atoms with van der Waals surface area (Å²) in [5.41, 5.74) is 7.87. The molecule has 1 aromatic heterocycles. The summed E-state index contributed by atoms with van der Waals surface area (Å²) in [7, 11) is 0. The van der Waals surface area contributed by atoms with Gasteiger partial charge in [0.05, 0.1) is 18.1 Å². The van der Waals surface area contributed by atoms with Gasteiger partial charge >= 0.3 is 5.97 Å². The number of rotatable bonds is 7. The number of carbonyl (C=O) groups is 2. The molecule has 1 aromatic rings. The zero-order valence-electron chi connectivity index (χ0n) is 20.7. The van der Waals surface area contributed by atoms with Crippen LogP contribution in [0.4, 0.5) is 0 Å². The van der Waals surface area contributed by atoms with Crippen LogP contribution in [-0.2, 0) is 16.0 Å². The number of aromatic nitrogens is 2. The smallest absolute Gasteiger partial charge is 0.326 e. The molecule has 1 amide bonds. The third-order valence-electron chi connectivity index (χ3n) is 13.1. The highest BCUT2D eigenvalue weighted by Crippen LogP contribution is 2.98. The molecule has 0 radical (unpaired) electrons. The van der Waals surface area contributed by atoms with E-state index in [1.165, 1.54) is 6.42 Å². The molecule has 35 heavy (non-hydrogen) atoms. The maximum atomic E-state index is 12.9. The third kappa shape index (κ3) is 2.08. The van der Waals surface area contributed by atoms with Crippen LogP contribution in [0.2, 0.25) is 0 Å². The molecule has 188 valence electrons. The monoisotopic (exact) mass is 479 g/mol. The number of hydrogen-bond donors (Lipinski definition) is 4. The van der Waals surface area contributed by atoms with Crippen LogP contribution in [0.25, 0.3) is 0 Å². The number of imidazole rings is 1. The Balaban J connectivity index is 1.06. The Morgan fingerprint density at radius 3 is 2.77 bits per heavy atom. The molecule has 5 saturated carbocycles. The van der Waals surface area contributed by atoms with Crippen LogP contribution in [0.5, 0.6) is 0 Å². The lowest BCUT2D eigenvalue weighted by atomic mass is 9.18. The second kappa shape index (κ2) is 6.31. The zero-order chi connectivity index (χ0) is 24.2. The predicted molar refractivity (Wildman–Crippen MR) is 127 cm³/mol. The van der Waals surface area contributed by atoms with Gasteiger partial charge in [0.25, 0.3) is 0 Å². The van der Waals surface area contributed by atoms with Crippen molar-refractivity contribution in [2.75, 3.05) is 6.54 Å². The van der Waals surface area contributed by atoms with Crippen LogP contribution < -0.4 is 11.1 Å². The number of piperidine rings is 1. The lowest BCUT2D eigenvalue weighted by Crippen LogP contribution is -2.86. The quantitative estimate of drug-likeness (QED) is 0.468. The van der Waals surface area contributed by atoms with Crippen LogP contribution in [0, 0.1) is 64.1 Å². The van der Waals surface area contributed by atoms with E-state index < -0.39 is 24.0 Å². The van der Waals surface area contributed by atoms with E-state index in [2.05, 4.69) is 41.0 Å². The van der Waals surface area contributed by atoms with Crippen molar-refractivity contribution in [3.8, 4) is 0 Å². The molecule has 0 aromatic carbocycles. The molecule has 2 aliphatic heterocycles. The average molecular weight is 480 g/mol. The van der Waals surface area contributed by atoms with Gasteiger partial charge in [-0.15, -0.1) is 0 Å². The first kappa shape index (κ1) is 21.2. The Kier molecular flexibility index (Phi) is 3.82. The fraction of sp³-hybridized carbons (Fsp3) is 0.815. The molecule has 2 spiro atoms. The highest BCUT2D eigenvalue weighted by Gasteiger charge is 2.97. The van der Waals surface area contributed by atoms with Crippen LogP contribution in [0.1, 0.15) is 39.3 Å². The Morgan fingerprint density at radius 1 is 1.26 bits per heavy atom. The first-order chi connectivity index (χ1) is 16.7. The number of carboxylic acid groups (broad SMARTS) is 1. The van der Waals surface area contributed by atoms with Gasteiger partial charge in [0, 0.05) is 31.2 Å². The number of aliphatic carboxylic acids is 1. The van der Waals surface area contributed by atoms with Crippen molar-refractivity contribution in [3.05, 3.63) is 18.2 Å². The van der Waals surface area contributed by atoms with E-state index in [4.69, 9.17) is 5.73 Å². The van der Waals surface area contributed by atoms with Crippen LogP contribution in [-0.4, -0.2) is 62.6 Å². The van der Waals surface area contributed by atoms with Gasteiger partial charge in [-0.25, -0.2) is 9.78 Å². The summed E-state index contributed by atoms with van der Waals surface area (Å²) in [6, 6.07) is -0.430. The maximum absolute atomic E-state index is 12.9. The number of hydrogen-bond acceptors (Lipinski definition) is 5. The van der Waals surface area contributed by atoms with Gasteiger partial charge < -0.3 is 21.1 Å². The number of carboxylic acids is 1. The van der Waals surface area contributed by atoms with Crippen molar-refractivity contribution in [1.82, 2.24) is 20.2 Å². The highest BCUT2D eigenvalue weighted by atomic mass is 16.4. The topological polar surface area (TPSA) is 124 Å². The predicted octanol–water partition coefficient (Wildman–Crippen LogP) is 1.34. The van der Waals surface area contributed by atoms with E-state index in [-0.39, 0.29) is 6.42 Å². The standard InChI is InChI=1S/C27H37N5O3/c1-10-12(3)32-8-13(4-17(25(34)35)31-24(33)16(28)5-14-7-29-9-30-14)20-18-15-6-26-11(2)19(26)23(32)27(10,20)22(18)21(15)26/h7,9-13,15-23H,4-6,8,28H2,1-3H3,(H,29,30)(H,31,33)(H,34,35)/t10-,11-,12+,13?,15+,16?,17?,18+,19+,20?,21-,22+,23?,26-,27-/m0/s1. The Bertz CT molecular complexity index is 1120. The lowest BCUT2D eigenvalue weighted by molar-refractivity contribution is -0.395. The number of nitrogens with two attached hydrogens (primary N) is 1. The Morgan fingerprint density at radius 2 is 2.06 bits per heavy atom. The summed E-state index contributed by atoms with van der Waals surface area (Å²) in [5.74, 6) is 5.55. The lowest BCUT2D eigenvalue weighted by Gasteiger charge is -2.87. The molecular weight excluding hydrogens is 442 g/mol. The molecule has 3 heterocycles. The van der Waals surface area contributed by atoms with Gasteiger partial charge in [0.2, 0.25) is 5.91 Å². The van der Waals surface area contributed by atoms with Crippen LogP contribution in [0.3, 0.4) is 0 Å². The van der Waals surface area contributed by atoms with Crippen molar-refractivity contribution in [2.24, 2.45) is 69.8 Å². The fourth-order valence-electron chi connectivity index (χ4n) is 12.1. The second-order valence-electron chi connectivity index (χ2n) is 13.4. The summed E-state index contributed by atoms with van der Waals surface area (Å²) in [6.07, 6.45) is 5.49. The number of aromatic amines is 1. The Labute approximate surface area is 205 Å². The largest absolute Gasteiger partial charge is 0.480 e. The SMILES string of the molecule is C[C@@H]1[C@H](C)[C@@]23C4C(CC(NC(=O)C(N)Cc5c[nH]cn5)C(=O)O)CN1C2[C@H]1[C@H](C)[C@@]12C[C@@H]1[C@H]4[C@@H]3[C@H]12. The molecular formula is C27H37N5O3. The maximum Gasteiger partial charge on any atom is 0.326 e. The summed E-state index contributed by atoms with van der Waals surface area (Å²) in [4.78, 5) is 35.0. The van der Waals surface area contributed by atoms with E-state index in [1.807, 2.05) is 0 Å². The summed E-state index contributed by atoms with van der Waals surface area (Å²) >= 11 is 0. The summed E-state index contributed by atoms with van der Waals surface area (Å²) in [6.45, 7) is 8.43. The van der Waals surface area contributed by atoms with Gasteiger partial charge in [-0.1, -0.05) is 13.8 Å². The summed E-state index contributed by atoms with van der Waals surface area (Å²) in [5, 5.41) is 12.9. The van der Waals surface area contributed by atoms with Gasteiger partial charge in [-0.3, -0.25) is 9.69 Å². The van der Waals surface area contributed by atoms with Crippen molar-refractivity contribution in [1.29, 1.82) is 0 Å². The van der Waals surface area contributed by atoms with E-state index in [1.54, 1.807) is 12.5 Å². The number of carbonyl (C=O) groups excluding carboxylic acids is 1. The number of fused-ring (bicyclic) bond motifs is 2. The molecule has 5 N–H and O–H groups in total. The number of H-pyrrole nitrogens is 1.